The maximum atomic E-state index is 12.6. The third-order valence-electron chi connectivity index (χ3n) is 4.93. The summed E-state index contributed by atoms with van der Waals surface area (Å²) < 4.78 is 16.9. The smallest absolute Gasteiger partial charge is 0.408 e. The molecule has 0 bridgehead atoms. The Balaban J connectivity index is 1.93. The third-order valence-corrected chi connectivity index (χ3v) is 5.25. The SMILES string of the molecule is CC[C@H](C)[C@H](NC(=O)OCc1ccccc1)C(=O)OCCn1cc(C(=O)OCI)ccc1=O. The number of ether oxygens (including phenoxy) is 3. The summed E-state index contributed by atoms with van der Waals surface area (Å²) in [5.74, 6) is -1.38. The van der Waals surface area contributed by atoms with Gasteiger partial charge < -0.3 is 24.1 Å². The Hall–Kier alpha value is -2.89. The first-order valence-electron chi connectivity index (χ1n) is 10.4. The molecular weight excluding hydrogens is 543 g/mol. The number of carbonyl (C=O) groups is 3. The average Bonchev–Trinajstić information content (AvgIpc) is 2.82. The molecule has 0 radical (unpaired) electrons. The second kappa shape index (κ2) is 13.6. The molecule has 0 spiro atoms. The highest BCUT2D eigenvalue weighted by atomic mass is 127. The normalized spacial score (nSPS) is 12.3. The number of alkyl halides is 1. The largest absolute Gasteiger partial charge is 0.462 e. The van der Waals surface area contributed by atoms with Gasteiger partial charge in [-0.05, 0) is 40.1 Å². The van der Waals surface area contributed by atoms with Gasteiger partial charge in [-0.1, -0.05) is 50.6 Å². The van der Waals surface area contributed by atoms with E-state index in [1.807, 2.05) is 66.8 Å². The first-order chi connectivity index (χ1) is 15.8. The lowest BCUT2D eigenvalue weighted by molar-refractivity contribution is -0.147. The van der Waals surface area contributed by atoms with Crippen molar-refractivity contribution < 1.29 is 28.6 Å². The van der Waals surface area contributed by atoms with Gasteiger partial charge in [0.15, 0.2) is 0 Å². The molecular formula is C23H27IN2O7. The summed E-state index contributed by atoms with van der Waals surface area (Å²) in [6.45, 7) is 3.71. The van der Waals surface area contributed by atoms with Crippen LogP contribution in [0.4, 0.5) is 4.79 Å². The Labute approximate surface area is 205 Å². The number of pyridine rings is 1. The summed E-state index contributed by atoms with van der Waals surface area (Å²) >= 11 is 1.90. The van der Waals surface area contributed by atoms with Gasteiger partial charge >= 0.3 is 18.0 Å². The van der Waals surface area contributed by atoms with Crippen LogP contribution in [0.5, 0.6) is 0 Å². The lowest BCUT2D eigenvalue weighted by atomic mass is 9.99. The van der Waals surface area contributed by atoms with Crippen molar-refractivity contribution >= 4 is 40.6 Å². The molecule has 1 aromatic carbocycles. The molecule has 0 aliphatic rings. The molecule has 2 atom stereocenters. The molecule has 0 fully saturated rings. The van der Waals surface area contributed by atoms with E-state index in [9.17, 15) is 19.2 Å². The van der Waals surface area contributed by atoms with Gasteiger partial charge in [0.1, 0.15) is 23.9 Å². The molecule has 1 amide bonds. The molecule has 2 aromatic rings. The molecule has 1 heterocycles. The van der Waals surface area contributed by atoms with Gasteiger partial charge in [0.25, 0.3) is 5.56 Å². The van der Waals surface area contributed by atoms with Crippen LogP contribution in [-0.2, 0) is 32.2 Å². The predicted molar refractivity (Wildman–Crippen MR) is 129 cm³/mol. The summed E-state index contributed by atoms with van der Waals surface area (Å²) in [4.78, 5) is 48.7. The van der Waals surface area contributed by atoms with E-state index in [2.05, 4.69) is 5.32 Å². The number of halogens is 1. The van der Waals surface area contributed by atoms with E-state index in [0.29, 0.717) is 6.42 Å². The molecule has 9 nitrogen and oxygen atoms in total. The van der Waals surface area contributed by atoms with Crippen molar-refractivity contribution in [2.45, 2.75) is 39.5 Å². The summed E-state index contributed by atoms with van der Waals surface area (Å²) in [5.41, 5.74) is 0.696. The Bertz CT molecular complexity index is 994. The number of amides is 1. The van der Waals surface area contributed by atoms with Crippen molar-refractivity contribution in [1.29, 1.82) is 0 Å². The lowest BCUT2D eigenvalue weighted by Crippen LogP contribution is -2.46. The van der Waals surface area contributed by atoms with Gasteiger partial charge in [-0.2, -0.15) is 0 Å². The number of esters is 2. The Kier molecular flexibility index (Phi) is 10.9. The zero-order valence-corrected chi connectivity index (χ0v) is 20.6. The van der Waals surface area contributed by atoms with Gasteiger partial charge in [-0.3, -0.25) is 4.79 Å². The highest BCUT2D eigenvalue weighted by Crippen LogP contribution is 2.11. The minimum absolute atomic E-state index is 0.0433. The van der Waals surface area contributed by atoms with E-state index in [4.69, 9.17) is 14.2 Å². The van der Waals surface area contributed by atoms with Crippen molar-refractivity contribution in [3.63, 3.8) is 0 Å². The van der Waals surface area contributed by atoms with Crippen molar-refractivity contribution in [2.75, 3.05) is 11.2 Å². The molecule has 1 aromatic heterocycles. The summed E-state index contributed by atoms with van der Waals surface area (Å²) in [6.07, 6.45) is 1.26. The maximum Gasteiger partial charge on any atom is 0.408 e. The molecule has 33 heavy (non-hydrogen) atoms. The molecule has 0 saturated heterocycles. The summed E-state index contributed by atoms with van der Waals surface area (Å²) in [7, 11) is 0. The fourth-order valence-electron chi connectivity index (χ4n) is 2.86. The minimum Gasteiger partial charge on any atom is -0.462 e. The molecule has 0 saturated carbocycles. The van der Waals surface area contributed by atoms with Gasteiger partial charge in [0, 0.05) is 12.3 Å². The number of nitrogens with one attached hydrogen (secondary N) is 1. The monoisotopic (exact) mass is 570 g/mol. The standard InChI is InChI=1S/C23H27IN2O7/c1-3-16(2)20(25-23(30)32-14-17-7-5-4-6-8-17)22(29)31-12-11-26-13-18(9-10-19(26)27)21(28)33-15-24/h4-10,13,16,20H,3,11-12,14-15H2,1-2H3,(H,25,30)/t16-,20-/m0/s1. The van der Waals surface area contributed by atoms with E-state index < -0.39 is 24.1 Å². The van der Waals surface area contributed by atoms with Crippen LogP contribution in [0.3, 0.4) is 0 Å². The number of rotatable bonds is 11. The fourth-order valence-corrected chi connectivity index (χ4v) is 3.14. The first kappa shape index (κ1) is 26.4. The number of nitrogens with zero attached hydrogens (tertiary/aromatic N) is 1. The van der Waals surface area contributed by atoms with Crippen molar-refractivity contribution in [3.8, 4) is 0 Å². The Morgan fingerprint density at radius 1 is 1.06 bits per heavy atom. The van der Waals surface area contributed by atoms with E-state index in [-0.39, 0.29) is 41.4 Å². The average molecular weight is 570 g/mol. The molecule has 178 valence electrons. The molecule has 0 aliphatic heterocycles. The van der Waals surface area contributed by atoms with Gasteiger partial charge in [0.2, 0.25) is 0 Å². The third kappa shape index (κ3) is 8.52. The van der Waals surface area contributed by atoms with Crippen molar-refractivity contribution in [1.82, 2.24) is 9.88 Å². The highest BCUT2D eigenvalue weighted by molar-refractivity contribution is 14.1. The van der Waals surface area contributed by atoms with Gasteiger partial charge in [-0.15, -0.1) is 0 Å². The van der Waals surface area contributed by atoms with Crippen LogP contribution in [0.25, 0.3) is 0 Å². The van der Waals surface area contributed by atoms with Crippen LogP contribution in [-0.4, -0.2) is 39.9 Å². The molecule has 2 rings (SSSR count). The second-order valence-corrected chi connectivity index (χ2v) is 7.85. The first-order valence-corrected chi connectivity index (χ1v) is 12.0. The fraction of sp³-hybridized carbons (Fsp3) is 0.391. The molecule has 1 N–H and O–H groups in total. The van der Waals surface area contributed by atoms with Crippen molar-refractivity contribution in [3.05, 3.63) is 70.1 Å². The van der Waals surface area contributed by atoms with Crippen LogP contribution in [0.15, 0.2) is 53.5 Å². The van der Waals surface area contributed by atoms with Crippen molar-refractivity contribution in [2.24, 2.45) is 5.92 Å². The number of hydrogen-bond donors (Lipinski definition) is 1. The maximum absolute atomic E-state index is 12.6. The van der Waals surface area contributed by atoms with E-state index >= 15 is 0 Å². The highest BCUT2D eigenvalue weighted by Gasteiger charge is 2.28. The second-order valence-electron chi connectivity index (χ2n) is 7.23. The van der Waals surface area contributed by atoms with Crippen LogP contribution in [0.1, 0.15) is 36.2 Å². The Morgan fingerprint density at radius 3 is 2.45 bits per heavy atom. The summed E-state index contributed by atoms with van der Waals surface area (Å²) in [5, 5.41) is 2.57. The van der Waals surface area contributed by atoms with E-state index in [1.165, 1.54) is 22.9 Å². The number of aromatic nitrogens is 1. The van der Waals surface area contributed by atoms with Crippen LogP contribution >= 0.6 is 22.6 Å². The van der Waals surface area contributed by atoms with Gasteiger partial charge in [-0.25, -0.2) is 14.4 Å². The topological polar surface area (TPSA) is 113 Å². The lowest BCUT2D eigenvalue weighted by Gasteiger charge is -2.22. The molecule has 0 aliphatic carbocycles. The van der Waals surface area contributed by atoms with Crippen LogP contribution in [0.2, 0.25) is 0 Å². The van der Waals surface area contributed by atoms with Gasteiger partial charge in [0.05, 0.1) is 12.1 Å². The van der Waals surface area contributed by atoms with Crippen LogP contribution in [0, 0.1) is 5.92 Å². The number of alkyl carbamates (subject to hydrolysis) is 1. The summed E-state index contributed by atoms with van der Waals surface area (Å²) in [6, 6.07) is 10.9. The zero-order chi connectivity index (χ0) is 24.2. The predicted octanol–water partition coefficient (Wildman–Crippen LogP) is 3.28. The van der Waals surface area contributed by atoms with E-state index in [1.54, 1.807) is 0 Å². The minimum atomic E-state index is -0.903. The molecule has 10 heteroatoms. The number of carbonyl (C=O) groups excluding carboxylic acids is 3. The van der Waals surface area contributed by atoms with E-state index in [0.717, 1.165) is 5.56 Å². The zero-order valence-electron chi connectivity index (χ0n) is 18.5. The number of benzene rings is 1. The Morgan fingerprint density at radius 2 is 1.79 bits per heavy atom. The quantitative estimate of drug-likeness (QED) is 0.191. The molecule has 0 unspecified atom stereocenters. The van der Waals surface area contributed by atoms with Crippen LogP contribution < -0.4 is 10.9 Å². The number of hydrogen-bond acceptors (Lipinski definition) is 7.